The van der Waals surface area contributed by atoms with Gasteiger partial charge in [-0.05, 0) is 41.3 Å². The third-order valence-electron chi connectivity index (χ3n) is 5.40. The summed E-state index contributed by atoms with van der Waals surface area (Å²) in [5, 5.41) is 2.02. The molecule has 0 aromatic heterocycles. The maximum absolute atomic E-state index is 13.1. The molecule has 28 heavy (non-hydrogen) atoms. The standard InChI is InChI=1S/C22H24N2O2S2/c1-27-21-9-6-18(7-10-21)17-23-12-14-24(15-13-23)28(25,26)22-11-8-19-4-2-3-5-20(19)16-22/h2-11,16H,12-15,17H2,1H3/p+1. The van der Waals surface area contributed by atoms with Gasteiger partial charge >= 0.3 is 0 Å². The zero-order chi connectivity index (χ0) is 19.6. The molecule has 0 radical (unpaired) electrons. The summed E-state index contributed by atoms with van der Waals surface area (Å²) >= 11 is 1.74. The average molecular weight is 414 g/mol. The minimum absolute atomic E-state index is 0.391. The van der Waals surface area contributed by atoms with Crippen molar-refractivity contribution in [2.24, 2.45) is 0 Å². The van der Waals surface area contributed by atoms with Crippen molar-refractivity contribution in [1.82, 2.24) is 4.31 Å². The molecule has 1 heterocycles. The van der Waals surface area contributed by atoms with E-state index in [1.165, 1.54) is 15.4 Å². The molecule has 0 atom stereocenters. The fourth-order valence-electron chi connectivity index (χ4n) is 3.73. The van der Waals surface area contributed by atoms with Crippen LogP contribution in [0.25, 0.3) is 10.8 Å². The van der Waals surface area contributed by atoms with Gasteiger partial charge in [0.25, 0.3) is 0 Å². The summed E-state index contributed by atoms with van der Waals surface area (Å²) in [6, 6.07) is 21.9. The molecule has 4 nitrogen and oxygen atoms in total. The molecule has 3 aromatic rings. The van der Waals surface area contributed by atoms with Crippen molar-refractivity contribution in [2.75, 3.05) is 32.4 Å². The normalized spacial score (nSPS) is 16.5. The highest BCUT2D eigenvalue weighted by molar-refractivity contribution is 7.98. The maximum atomic E-state index is 13.1. The highest BCUT2D eigenvalue weighted by Gasteiger charge is 2.30. The lowest BCUT2D eigenvalue weighted by Crippen LogP contribution is -3.13. The molecule has 4 rings (SSSR count). The van der Waals surface area contributed by atoms with E-state index in [9.17, 15) is 8.42 Å². The summed E-state index contributed by atoms with van der Waals surface area (Å²) in [5.74, 6) is 0. The number of fused-ring (bicyclic) bond motifs is 1. The summed E-state index contributed by atoms with van der Waals surface area (Å²) in [5.41, 5.74) is 1.30. The van der Waals surface area contributed by atoms with Crippen molar-refractivity contribution in [1.29, 1.82) is 0 Å². The van der Waals surface area contributed by atoms with Gasteiger partial charge in [0, 0.05) is 10.5 Å². The van der Waals surface area contributed by atoms with Crippen LogP contribution in [0.1, 0.15) is 5.56 Å². The molecule has 0 bridgehead atoms. The number of hydrogen-bond donors (Lipinski definition) is 1. The largest absolute Gasteiger partial charge is 0.329 e. The summed E-state index contributed by atoms with van der Waals surface area (Å²) in [6.07, 6.45) is 2.08. The summed E-state index contributed by atoms with van der Waals surface area (Å²) in [7, 11) is -3.44. The molecule has 0 amide bonds. The third kappa shape index (κ3) is 4.10. The Morgan fingerprint density at radius 2 is 1.61 bits per heavy atom. The van der Waals surface area contributed by atoms with Crippen molar-refractivity contribution in [3.63, 3.8) is 0 Å². The van der Waals surface area contributed by atoms with E-state index in [-0.39, 0.29) is 0 Å². The van der Waals surface area contributed by atoms with Crippen LogP contribution in [0.2, 0.25) is 0 Å². The number of sulfonamides is 1. The summed E-state index contributed by atoms with van der Waals surface area (Å²) in [4.78, 5) is 3.09. The first-order valence-electron chi connectivity index (χ1n) is 9.52. The predicted octanol–water partition coefficient (Wildman–Crippen LogP) is 2.65. The number of quaternary nitrogens is 1. The molecule has 1 aliphatic rings. The van der Waals surface area contributed by atoms with Gasteiger partial charge in [0.15, 0.2) is 0 Å². The second kappa shape index (κ2) is 8.25. The Balaban J connectivity index is 1.42. The Labute approximate surface area is 171 Å². The van der Waals surface area contributed by atoms with Crippen LogP contribution in [-0.4, -0.2) is 45.2 Å². The van der Waals surface area contributed by atoms with E-state index in [4.69, 9.17) is 0 Å². The van der Waals surface area contributed by atoms with Gasteiger partial charge in [0.2, 0.25) is 10.0 Å². The Kier molecular flexibility index (Phi) is 5.73. The molecule has 3 aromatic carbocycles. The third-order valence-corrected chi connectivity index (χ3v) is 8.04. The minimum Gasteiger partial charge on any atom is -0.329 e. The van der Waals surface area contributed by atoms with Gasteiger partial charge in [-0.3, -0.25) is 0 Å². The van der Waals surface area contributed by atoms with Crippen LogP contribution in [0, 0.1) is 0 Å². The first kappa shape index (κ1) is 19.5. The molecule has 0 spiro atoms. The van der Waals surface area contributed by atoms with Crippen LogP contribution in [0.5, 0.6) is 0 Å². The molecular formula is C22H25N2O2S2+. The average Bonchev–Trinajstić information content (AvgIpc) is 2.74. The number of nitrogens with zero attached hydrogens (tertiary/aromatic N) is 1. The number of nitrogens with one attached hydrogen (secondary N) is 1. The smallest absolute Gasteiger partial charge is 0.243 e. The minimum atomic E-state index is -3.44. The first-order valence-corrected chi connectivity index (χ1v) is 12.2. The van der Waals surface area contributed by atoms with Crippen molar-refractivity contribution in [3.05, 3.63) is 72.3 Å². The van der Waals surface area contributed by atoms with Crippen molar-refractivity contribution >= 4 is 32.6 Å². The van der Waals surface area contributed by atoms with Gasteiger partial charge in [-0.25, -0.2) is 8.42 Å². The lowest BCUT2D eigenvalue weighted by atomic mass is 10.1. The SMILES string of the molecule is CSc1ccc(C[NH+]2CCN(S(=O)(=O)c3ccc4ccccc4c3)CC2)cc1. The van der Waals surface area contributed by atoms with Gasteiger partial charge in [0.1, 0.15) is 6.54 Å². The fraction of sp³-hybridized carbons (Fsp3) is 0.273. The molecule has 1 aliphatic heterocycles. The van der Waals surface area contributed by atoms with Crippen LogP contribution < -0.4 is 4.90 Å². The number of rotatable bonds is 5. The predicted molar refractivity (Wildman–Crippen MR) is 115 cm³/mol. The van der Waals surface area contributed by atoms with E-state index < -0.39 is 10.0 Å². The molecule has 1 fully saturated rings. The number of thioether (sulfide) groups is 1. The van der Waals surface area contributed by atoms with Crippen molar-refractivity contribution < 1.29 is 13.3 Å². The van der Waals surface area contributed by atoms with E-state index >= 15 is 0 Å². The molecule has 146 valence electrons. The monoisotopic (exact) mass is 413 g/mol. The van der Waals surface area contributed by atoms with E-state index in [1.807, 2.05) is 30.3 Å². The molecule has 6 heteroatoms. The highest BCUT2D eigenvalue weighted by Crippen LogP contribution is 2.22. The van der Waals surface area contributed by atoms with E-state index in [1.54, 1.807) is 28.2 Å². The van der Waals surface area contributed by atoms with Gasteiger partial charge in [-0.2, -0.15) is 4.31 Å². The Hall–Kier alpha value is -1.86. The van der Waals surface area contributed by atoms with Gasteiger partial charge in [0.05, 0.1) is 31.1 Å². The van der Waals surface area contributed by atoms with E-state index in [0.717, 1.165) is 30.4 Å². The summed E-state index contributed by atoms with van der Waals surface area (Å²) < 4.78 is 27.8. The number of hydrogen-bond acceptors (Lipinski definition) is 3. The van der Waals surface area contributed by atoms with E-state index in [0.29, 0.717) is 18.0 Å². The van der Waals surface area contributed by atoms with Crippen LogP contribution in [0.15, 0.2) is 76.5 Å². The molecule has 0 aliphatic carbocycles. The van der Waals surface area contributed by atoms with E-state index in [2.05, 4.69) is 30.5 Å². The maximum Gasteiger partial charge on any atom is 0.243 e. The van der Waals surface area contributed by atoms with Gasteiger partial charge in [-0.1, -0.05) is 42.5 Å². The highest BCUT2D eigenvalue weighted by atomic mass is 32.2. The lowest BCUT2D eigenvalue weighted by molar-refractivity contribution is -0.917. The number of benzene rings is 3. The zero-order valence-electron chi connectivity index (χ0n) is 16.0. The fourth-order valence-corrected chi connectivity index (χ4v) is 5.61. The van der Waals surface area contributed by atoms with Crippen LogP contribution in [-0.2, 0) is 16.6 Å². The van der Waals surface area contributed by atoms with Crippen molar-refractivity contribution in [3.8, 4) is 0 Å². The number of piperazine rings is 1. The first-order chi connectivity index (χ1) is 13.6. The molecule has 0 saturated carbocycles. The van der Waals surface area contributed by atoms with Crippen LogP contribution in [0.4, 0.5) is 0 Å². The molecule has 1 N–H and O–H groups in total. The zero-order valence-corrected chi connectivity index (χ0v) is 17.6. The Bertz CT molecular complexity index is 1060. The lowest BCUT2D eigenvalue weighted by Gasteiger charge is -2.31. The van der Waals surface area contributed by atoms with Crippen molar-refractivity contribution in [2.45, 2.75) is 16.3 Å². The second-order valence-electron chi connectivity index (χ2n) is 7.19. The van der Waals surface area contributed by atoms with Gasteiger partial charge in [-0.15, -0.1) is 11.8 Å². The molecule has 1 saturated heterocycles. The van der Waals surface area contributed by atoms with Crippen LogP contribution in [0.3, 0.4) is 0 Å². The second-order valence-corrected chi connectivity index (χ2v) is 10.0. The Morgan fingerprint density at radius 3 is 2.29 bits per heavy atom. The molecule has 0 unspecified atom stereocenters. The Morgan fingerprint density at radius 1 is 0.929 bits per heavy atom. The quantitative estimate of drug-likeness (QED) is 0.654. The van der Waals surface area contributed by atoms with Gasteiger partial charge < -0.3 is 4.90 Å². The van der Waals surface area contributed by atoms with Crippen LogP contribution >= 0.6 is 11.8 Å². The molecular weight excluding hydrogens is 388 g/mol. The summed E-state index contributed by atoms with van der Waals surface area (Å²) in [6.45, 7) is 3.73. The topological polar surface area (TPSA) is 41.8 Å².